The molecule has 0 saturated heterocycles. The van der Waals surface area contributed by atoms with E-state index < -0.39 is 17.0 Å². The standard InChI is InChI=1S/C18H8O7/c19-7-3-1-2-6-10(7)16-13-12-9(24-18(23)14(13)15(6)21)5-4-8(20)11(12)17(22)25-16/h1-5,19-21H. The van der Waals surface area contributed by atoms with Crippen LogP contribution in [0.4, 0.5) is 0 Å². The summed E-state index contributed by atoms with van der Waals surface area (Å²) in [6, 6.07) is 6.91. The molecule has 2 aromatic heterocycles. The average molecular weight is 336 g/mol. The van der Waals surface area contributed by atoms with Crippen LogP contribution in [0.15, 0.2) is 48.8 Å². The Morgan fingerprint density at radius 3 is 2.20 bits per heavy atom. The van der Waals surface area contributed by atoms with E-state index in [1.807, 2.05) is 0 Å². The average Bonchev–Trinajstić information content (AvgIpc) is 2.57. The molecule has 122 valence electrons. The Morgan fingerprint density at radius 2 is 1.40 bits per heavy atom. The molecule has 0 aliphatic rings. The Balaban J connectivity index is 2.35. The third kappa shape index (κ3) is 1.49. The van der Waals surface area contributed by atoms with Crippen molar-refractivity contribution in [2.24, 2.45) is 0 Å². The summed E-state index contributed by atoms with van der Waals surface area (Å²) >= 11 is 0. The first-order chi connectivity index (χ1) is 12.0. The van der Waals surface area contributed by atoms with Gasteiger partial charge < -0.3 is 24.2 Å². The maximum atomic E-state index is 12.4. The highest BCUT2D eigenvalue weighted by molar-refractivity contribution is 6.29. The lowest BCUT2D eigenvalue weighted by atomic mass is 9.97. The molecule has 0 aliphatic carbocycles. The Morgan fingerprint density at radius 1 is 0.680 bits per heavy atom. The number of aromatic hydroxyl groups is 3. The topological polar surface area (TPSA) is 121 Å². The van der Waals surface area contributed by atoms with Crippen molar-refractivity contribution in [3.8, 4) is 17.2 Å². The largest absolute Gasteiger partial charge is 0.507 e. The maximum absolute atomic E-state index is 12.4. The van der Waals surface area contributed by atoms with Gasteiger partial charge in [-0.2, -0.15) is 0 Å². The zero-order valence-electron chi connectivity index (χ0n) is 12.4. The molecule has 0 amide bonds. The van der Waals surface area contributed by atoms with Crippen molar-refractivity contribution in [3.63, 3.8) is 0 Å². The molecule has 2 heterocycles. The van der Waals surface area contributed by atoms with Crippen molar-refractivity contribution in [2.75, 3.05) is 0 Å². The molecule has 7 heteroatoms. The minimum absolute atomic E-state index is 0.0538. The van der Waals surface area contributed by atoms with Crippen molar-refractivity contribution in [1.29, 1.82) is 0 Å². The summed E-state index contributed by atoms with van der Waals surface area (Å²) in [6.45, 7) is 0. The number of hydrogen-bond acceptors (Lipinski definition) is 7. The number of benzene rings is 3. The zero-order chi connectivity index (χ0) is 17.5. The van der Waals surface area contributed by atoms with Gasteiger partial charge in [0.2, 0.25) is 0 Å². The molecule has 3 aromatic carbocycles. The zero-order valence-corrected chi connectivity index (χ0v) is 12.4. The lowest BCUT2D eigenvalue weighted by Gasteiger charge is -2.13. The molecule has 0 spiro atoms. The number of rotatable bonds is 0. The second-order valence-electron chi connectivity index (χ2n) is 5.74. The molecule has 0 atom stereocenters. The van der Waals surface area contributed by atoms with Crippen LogP contribution >= 0.6 is 0 Å². The first-order valence-corrected chi connectivity index (χ1v) is 7.30. The monoisotopic (exact) mass is 336 g/mol. The maximum Gasteiger partial charge on any atom is 0.348 e. The van der Waals surface area contributed by atoms with Gasteiger partial charge in [-0.3, -0.25) is 0 Å². The van der Waals surface area contributed by atoms with Gasteiger partial charge in [0.15, 0.2) is 5.58 Å². The van der Waals surface area contributed by atoms with Crippen LogP contribution in [-0.2, 0) is 0 Å². The molecule has 0 radical (unpaired) electrons. The second kappa shape index (κ2) is 4.21. The molecule has 0 saturated carbocycles. The van der Waals surface area contributed by atoms with Crippen molar-refractivity contribution >= 4 is 43.5 Å². The highest BCUT2D eigenvalue weighted by Gasteiger charge is 2.25. The van der Waals surface area contributed by atoms with E-state index in [9.17, 15) is 24.9 Å². The number of fused-ring (bicyclic) bond motifs is 2. The molecule has 5 rings (SSSR count). The van der Waals surface area contributed by atoms with Crippen molar-refractivity contribution < 1.29 is 24.2 Å². The smallest absolute Gasteiger partial charge is 0.348 e. The van der Waals surface area contributed by atoms with Crippen LogP contribution in [0, 0.1) is 0 Å². The van der Waals surface area contributed by atoms with E-state index in [4.69, 9.17) is 8.83 Å². The molecule has 0 aliphatic heterocycles. The molecule has 3 N–H and O–H groups in total. The quantitative estimate of drug-likeness (QED) is 0.226. The van der Waals surface area contributed by atoms with Crippen LogP contribution in [0.3, 0.4) is 0 Å². The molecule has 0 bridgehead atoms. The van der Waals surface area contributed by atoms with Crippen LogP contribution < -0.4 is 11.3 Å². The van der Waals surface area contributed by atoms with Gasteiger partial charge in [0, 0.05) is 16.2 Å². The van der Waals surface area contributed by atoms with E-state index in [-0.39, 0.29) is 55.0 Å². The van der Waals surface area contributed by atoms with E-state index in [0.29, 0.717) is 0 Å². The van der Waals surface area contributed by atoms with Gasteiger partial charge in [0.25, 0.3) is 0 Å². The van der Waals surface area contributed by atoms with Crippen LogP contribution in [0.5, 0.6) is 17.2 Å². The highest BCUT2D eigenvalue weighted by atomic mass is 16.4. The summed E-state index contributed by atoms with van der Waals surface area (Å²) in [5, 5.41) is 31.0. The van der Waals surface area contributed by atoms with Gasteiger partial charge in [0.1, 0.15) is 33.6 Å². The molecular formula is C18H8O7. The number of phenols is 3. The summed E-state index contributed by atoms with van der Waals surface area (Å²) in [5.41, 5.74) is -1.65. The first-order valence-electron chi connectivity index (χ1n) is 7.30. The van der Waals surface area contributed by atoms with Crippen molar-refractivity contribution in [2.45, 2.75) is 0 Å². The first kappa shape index (κ1) is 13.7. The lowest BCUT2D eigenvalue weighted by molar-refractivity contribution is 0.472. The SMILES string of the molecule is O=c1oc2c3c(O)cccc3c(O)c3c(=O)oc4ccc(O)c1c4c32. The number of hydrogen-bond donors (Lipinski definition) is 3. The van der Waals surface area contributed by atoms with Crippen LogP contribution in [0.2, 0.25) is 0 Å². The van der Waals surface area contributed by atoms with E-state index in [2.05, 4.69) is 0 Å². The summed E-state index contributed by atoms with van der Waals surface area (Å²) in [4.78, 5) is 24.8. The van der Waals surface area contributed by atoms with Gasteiger partial charge >= 0.3 is 11.3 Å². The van der Waals surface area contributed by atoms with Crippen molar-refractivity contribution in [1.82, 2.24) is 0 Å². The van der Waals surface area contributed by atoms with Gasteiger partial charge in [-0.05, 0) is 18.2 Å². The molecule has 0 unspecified atom stereocenters. The third-order valence-electron chi connectivity index (χ3n) is 4.44. The summed E-state index contributed by atoms with van der Waals surface area (Å²) in [5.74, 6) is -0.954. The van der Waals surface area contributed by atoms with Crippen LogP contribution in [0.1, 0.15) is 0 Å². The Kier molecular flexibility index (Phi) is 2.30. The van der Waals surface area contributed by atoms with Gasteiger partial charge in [-0.15, -0.1) is 0 Å². The van der Waals surface area contributed by atoms with E-state index in [1.165, 1.54) is 30.3 Å². The predicted molar refractivity (Wildman–Crippen MR) is 89.7 cm³/mol. The fourth-order valence-electron chi connectivity index (χ4n) is 3.41. The Bertz CT molecular complexity index is 1460. The third-order valence-corrected chi connectivity index (χ3v) is 4.44. The summed E-state index contributed by atoms with van der Waals surface area (Å²) in [6.07, 6.45) is 0. The normalized spacial score (nSPS) is 12.0. The Hall–Kier alpha value is -3.74. The highest BCUT2D eigenvalue weighted by Crippen LogP contribution is 2.44. The summed E-state index contributed by atoms with van der Waals surface area (Å²) in [7, 11) is 0. The molecule has 0 fully saturated rings. The molecule has 7 nitrogen and oxygen atoms in total. The Labute approximate surface area is 136 Å². The van der Waals surface area contributed by atoms with Gasteiger partial charge in [0.05, 0.1) is 5.39 Å². The molecule has 5 aromatic rings. The van der Waals surface area contributed by atoms with Crippen LogP contribution in [-0.4, -0.2) is 15.3 Å². The fourth-order valence-corrected chi connectivity index (χ4v) is 3.41. The van der Waals surface area contributed by atoms with E-state index in [0.717, 1.165) is 0 Å². The minimum Gasteiger partial charge on any atom is -0.507 e. The van der Waals surface area contributed by atoms with Crippen LogP contribution in [0.25, 0.3) is 43.5 Å². The molecular weight excluding hydrogens is 328 g/mol. The van der Waals surface area contributed by atoms with Gasteiger partial charge in [-0.1, -0.05) is 12.1 Å². The lowest BCUT2D eigenvalue weighted by Crippen LogP contribution is -2.07. The van der Waals surface area contributed by atoms with Gasteiger partial charge in [-0.25, -0.2) is 9.59 Å². The van der Waals surface area contributed by atoms with E-state index >= 15 is 0 Å². The van der Waals surface area contributed by atoms with E-state index in [1.54, 1.807) is 0 Å². The fraction of sp³-hybridized carbons (Fsp3) is 0. The summed E-state index contributed by atoms with van der Waals surface area (Å²) < 4.78 is 10.5. The minimum atomic E-state index is -0.846. The van der Waals surface area contributed by atoms with Crippen molar-refractivity contribution in [3.05, 3.63) is 51.2 Å². The predicted octanol–water partition coefficient (Wildman–Crippen LogP) is 2.76. The second-order valence-corrected chi connectivity index (χ2v) is 5.74. The number of phenolic OH excluding ortho intramolecular Hbond substituents is 3. The molecule has 25 heavy (non-hydrogen) atoms.